The summed E-state index contributed by atoms with van der Waals surface area (Å²) in [4.78, 5) is 2.57. The zero-order valence-electron chi connectivity index (χ0n) is 12.3. The van der Waals surface area contributed by atoms with Crippen LogP contribution in [-0.4, -0.2) is 25.2 Å². The number of rotatable bonds is 2. The molecule has 0 radical (unpaired) electrons. The molecule has 2 nitrogen and oxygen atoms in total. The molecule has 0 aromatic heterocycles. The summed E-state index contributed by atoms with van der Waals surface area (Å²) in [6.45, 7) is 13.5. The summed E-state index contributed by atoms with van der Waals surface area (Å²) < 4.78 is 0. The second kappa shape index (κ2) is 5.31. The lowest BCUT2D eigenvalue weighted by Gasteiger charge is -2.42. The van der Waals surface area contributed by atoms with Crippen LogP contribution in [0.2, 0.25) is 0 Å². The second-order valence-electron chi connectivity index (χ2n) is 5.98. The molecule has 0 saturated carbocycles. The van der Waals surface area contributed by atoms with Gasteiger partial charge in [0.25, 0.3) is 0 Å². The first-order chi connectivity index (χ1) is 8.50. The number of nitrogens with zero attached hydrogens (tertiary/aromatic N) is 1. The molecule has 1 N–H and O–H groups in total. The molecule has 0 bridgehead atoms. The highest BCUT2D eigenvalue weighted by Crippen LogP contribution is 2.27. The summed E-state index contributed by atoms with van der Waals surface area (Å²) in [6, 6.07) is 7.81. The van der Waals surface area contributed by atoms with Crippen LogP contribution < -0.4 is 10.2 Å². The maximum absolute atomic E-state index is 3.66. The summed E-state index contributed by atoms with van der Waals surface area (Å²) in [5.74, 6) is 0.685. The average molecular weight is 246 g/mol. The number of nitrogens with one attached hydrogen (secondary N) is 1. The van der Waals surface area contributed by atoms with Crippen LogP contribution in [0.25, 0.3) is 0 Å². The normalized spacial score (nSPS) is 24.7. The average Bonchev–Trinajstić information content (AvgIpc) is 2.33. The Labute approximate surface area is 111 Å². The summed E-state index contributed by atoms with van der Waals surface area (Å²) in [5.41, 5.74) is 4.22. The highest BCUT2D eigenvalue weighted by molar-refractivity contribution is 5.57. The number of hydrogen-bond donors (Lipinski definition) is 1. The van der Waals surface area contributed by atoms with E-state index in [9.17, 15) is 0 Å². The van der Waals surface area contributed by atoms with Gasteiger partial charge in [0.05, 0.1) is 0 Å². The molecule has 2 unspecified atom stereocenters. The number of aryl methyl sites for hydroxylation is 1. The van der Waals surface area contributed by atoms with Crippen molar-refractivity contribution in [2.45, 2.75) is 46.7 Å². The van der Waals surface area contributed by atoms with Gasteiger partial charge in [-0.2, -0.15) is 0 Å². The first-order valence-electron chi connectivity index (χ1n) is 7.07. The van der Waals surface area contributed by atoms with Crippen LogP contribution in [0.4, 0.5) is 5.69 Å². The number of piperazine rings is 1. The molecule has 1 aromatic rings. The van der Waals surface area contributed by atoms with Gasteiger partial charge in [0.2, 0.25) is 0 Å². The molecule has 0 aliphatic carbocycles. The molecule has 1 saturated heterocycles. The maximum Gasteiger partial charge on any atom is 0.0401 e. The highest BCUT2D eigenvalue weighted by Gasteiger charge is 2.27. The Morgan fingerprint density at radius 2 is 2.00 bits per heavy atom. The molecular formula is C16H26N2. The number of hydrogen-bond acceptors (Lipinski definition) is 2. The molecular weight excluding hydrogens is 220 g/mol. The minimum absolute atomic E-state index is 0.570. The second-order valence-corrected chi connectivity index (χ2v) is 5.98. The first kappa shape index (κ1) is 13.4. The van der Waals surface area contributed by atoms with Gasteiger partial charge in [-0.3, -0.25) is 0 Å². The van der Waals surface area contributed by atoms with Crippen molar-refractivity contribution in [1.82, 2.24) is 5.32 Å². The van der Waals surface area contributed by atoms with Crippen LogP contribution in [0.15, 0.2) is 18.2 Å². The van der Waals surface area contributed by atoms with Crippen LogP contribution in [0.5, 0.6) is 0 Å². The van der Waals surface area contributed by atoms with E-state index in [0.717, 1.165) is 13.1 Å². The van der Waals surface area contributed by atoms with Gasteiger partial charge in [-0.25, -0.2) is 0 Å². The smallest absolute Gasteiger partial charge is 0.0401 e. The minimum Gasteiger partial charge on any atom is -0.366 e. The monoisotopic (exact) mass is 246 g/mol. The van der Waals surface area contributed by atoms with Crippen molar-refractivity contribution >= 4 is 5.69 Å². The Hall–Kier alpha value is -1.02. The summed E-state index contributed by atoms with van der Waals surface area (Å²) in [6.07, 6.45) is 0. The minimum atomic E-state index is 0.570. The van der Waals surface area contributed by atoms with Crippen LogP contribution in [0.3, 0.4) is 0 Å². The molecule has 1 heterocycles. The molecule has 2 atom stereocenters. The van der Waals surface area contributed by atoms with Gasteiger partial charge in [-0.15, -0.1) is 0 Å². The molecule has 1 fully saturated rings. The zero-order chi connectivity index (χ0) is 13.3. The lowest BCUT2D eigenvalue weighted by atomic mass is 9.97. The summed E-state index contributed by atoms with van der Waals surface area (Å²) >= 11 is 0. The maximum atomic E-state index is 3.66. The van der Waals surface area contributed by atoms with E-state index in [4.69, 9.17) is 0 Å². The molecule has 100 valence electrons. The molecule has 2 heteroatoms. The van der Waals surface area contributed by atoms with E-state index in [-0.39, 0.29) is 0 Å². The van der Waals surface area contributed by atoms with Gasteiger partial charge in [-0.1, -0.05) is 26.0 Å². The predicted octanol–water partition coefficient (Wildman–Crippen LogP) is 3.13. The van der Waals surface area contributed by atoms with Crippen LogP contribution in [-0.2, 0) is 0 Å². The molecule has 2 rings (SSSR count). The topological polar surface area (TPSA) is 15.3 Å². The van der Waals surface area contributed by atoms with E-state index < -0.39 is 0 Å². The van der Waals surface area contributed by atoms with Crippen molar-refractivity contribution in [3.8, 4) is 0 Å². The van der Waals surface area contributed by atoms with Gasteiger partial charge in [0, 0.05) is 30.9 Å². The first-order valence-corrected chi connectivity index (χ1v) is 7.07. The van der Waals surface area contributed by atoms with Gasteiger partial charge in [-0.05, 0) is 43.9 Å². The summed E-state index contributed by atoms with van der Waals surface area (Å²) in [7, 11) is 0. The standard InChI is InChI=1S/C16H26N2/c1-11(2)15-10-18(13(4)9-17-15)16-8-6-7-12(3)14(16)5/h6-8,11,13,15,17H,9-10H2,1-5H3. The van der Waals surface area contributed by atoms with Crippen LogP contribution in [0, 0.1) is 19.8 Å². The van der Waals surface area contributed by atoms with E-state index in [1.807, 2.05) is 0 Å². The van der Waals surface area contributed by atoms with Crippen molar-refractivity contribution in [3.05, 3.63) is 29.3 Å². The third kappa shape index (κ3) is 2.54. The highest BCUT2D eigenvalue weighted by atomic mass is 15.2. The Kier molecular flexibility index (Phi) is 3.96. The quantitative estimate of drug-likeness (QED) is 0.862. The van der Waals surface area contributed by atoms with Crippen molar-refractivity contribution < 1.29 is 0 Å². The van der Waals surface area contributed by atoms with E-state index in [2.05, 4.69) is 63.0 Å². The summed E-state index contributed by atoms with van der Waals surface area (Å²) in [5, 5.41) is 3.66. The van der Waals surface area contributed by atoms with Crippen molar-refractivity contribution in [3.63, 3.8) is 0 Å². The van der Waals surface area contributed by atoms with Gasteiger partial charge >= 0.3 is 0 Å². The lowest BCUT2D eigenvalue weighted by molar-refractivity contribution is 0.336. The molecule has 1 aliphatic heterocycles. The zero-order valence-corrected chi connectivity index (χ0v) is 12.3. The fraction of sp³-hybridized carbons (Fsp3) is 0.625. The third-order valence-corrected chi connectivity index (χ3v) is 4.29. The van der Waals surface area contributed by atoms with Crippen molar-refractivity contribution in [2.24, 2.45) is 5.92 Å². The van der Waals surface area contributed by atoms with Gasteiger partial charge in [0.1, 0.15) is 0 Å². The van der Waals surface area contributed by atoms with Gasteiger partial charge in [0.15, 0.2) is 0 Å². The van der Waals surface area contributed by atoms with Crippen molar-refractivity contribution in [2.75, 3.05) is 18.0 Å². The Balaban J connectivity index is 2.27. The predicted molar refractivity (Wildman–Crippen MR) is 79.4 cm³/mol. The molecule has 0 amide bonds. The van der Waals surface area contributed by atoms with E-state index in [1.165, 1.54) is 16.8 Å². The number of anilines is 1. The molecule has 1 aromatic carbocycles. The van der Waals surface area contributed by atoms with E-state index >= 15 is 0 Å². The van der Waals surface area contributed by atoms with E-state index in [0.29, 0.717) is 18.0 Å². The lowest BCUT2D eigenvalue weighted by Crippen LogP contribution is -2.57. The molecule has 1 aliphatic rings. The fourth-order valence-electron chi connectivity index (χ4n) is 2.72. The SMILES string of the molecule is Cc1cccc(N2CC(C(C)C)NCC2C)c1C. The molecule has 18 heavy (non-hydrogen) atoms. The third-order valence-electron chi connectivity index (χ3n) is 4.29. The van der Waals surface area contributed by atoms with Crippen molar-refractivity contribution in [1.29, 1.82) is 0 Å². The van der Waals surface area contributed by atoms with Crippen LogP contribution >= 0.6 is 0 Å². The Morgan fingerprint density at radius 1 is 1.28 bits per heavy atom. The Bertz CT molecular complexity index is 412. The Morgan fingerprint density at radius 3 is 2.67 bits per heavy atom. The fourth-order valence-corrected chi connectivity index (χ4v) is 2.72. The van der Waals surface area contributed by atoms with Crippen LogP contribution in [0.1, 0.15) is 31.9 Å². The largest absolute Gasteiger partial charge is 0.366 e. The van der Waals surface area contributed by atoms with Gasteiger partial charge < -0.3 is 10.2 Å². The molecule has 0 spiro atoms. The number of benzene rings is 1. The van der Waals surface area contributed by atoms with E-state index in [1.54, 1.807) is 0 Å².